The maximum Gasteiger partial charge on any atom is 0.344 e. The van der Waals surface area contributed by atoms with Crippen molar-refractivity contribution in [3.8, 4) is 5.75 Å². The molecule has 8 heteroatoms. The fourth-order valence-electron chi connectivity index (χ4n) is 3.02. The Labute approximate surface area is 180 Å². The van der Waals surface area contributed by atoms with E-state index in [1.807, 2.05) is 31.2 Å². The molecule has 0 radical (unpaired) electrons. The summed E-state index contributed by atoms with van der Waals surface area (Å²) in [6, 6.07) is 12.6. The molecule has 0 bridgehead atoms. The summed E-state index contributed by atoms with van der Waals surface area (Å²) >= 11 is 5.90. The maximum atomic E-state index is 12.3. The van der Waals surface area contributed by atoms with Crippen LogP contribution < -0.4 is 15.0 Å². The van der Waals surface area contributed by atoms with E-state index in [0.717, 1.165) is 24.3 Å². The zero-order chi connectivity index (χ0) is 21.5. The van der Waals surface area contributed by atoms with E-state index in [4.69, 9.17) is 25.8 Å². The van der Waals surface area contributed by atoms with E-state index in [-0.39, 0.29) is 6.61 Å². The second-order valence-electron chi connectivity index (χ2n) is 6.97. The van der Waals surface area contributed by atoms with Crippen molar-refractivity contribution >= 4 is 34.9 Å². The van der Waals surface area contributed by atoms with Gasteiger partial charge in [-0.1, -0.05) is 11.6 Å². The molecule has 1 aliphatic heterocycles. The van der Waals surface area contributed by atoms with Crippen LogP contribution in [0.2, 0.25) is 5.02 Å². The van der Waals surface area contributed by atoms with Gasteiger partial charge in [0.25, 0.3) is 5.91 Å². The van der Waals surface area contributed by atoms with Crippen LogP contribution in [0.5, 0.6) is 5.75 Å². The van der Waals surface area contributed by atoms with Crippen molar-refractivity contribution in [2.24, 2.45) is 0 Å². The Hall–Kier alpha value is -2.77. The SMILES string of the molecule is Cc1cc(Cl)ccc1OCC(=O)OC(C)C(=O)Nc1ccc(N2CCOCC2)cc1. The zero-order valence-corrected chi connectivity index (χ0v) is 17.8. The van der Waals surface area contributed by atoms with Crippen LogP contribution in [0.25, 0.3) is 0 Å². The molecule has 2 aromatic carbocycles. The molecular weight excluding hydrogens is 408 g/mol. The van der Waals surface area contributed by atoms with Gasteiger partial charge < -0.3 is 24.4 Å². The molecule has 0 aromatic heterocycles. The molecule has 2 aromatic rings. The summed E-state index contributed by atoms with van der Waals surface area (Å²) < 4.78 is 16.0. The molecule has 0 saturated carbocycles. The number of carbonyl (C=O) groups excluding carboxylic acids is 2. The number of nitrogens with zero attached hydrogens (tertiary/aromatic N) is 1. The normalized spacial score (nSPS) is 14.7. The summed E-state index contributed by atoms with van der Waals surface area (Å²) in [6.07, 6.45) is -0.952. The minimum atomic E-state index is -0.952. The number of aryl methyl sites for hydroxylation is 1. The summed E-state index contributed by atoms with van der Waals surface area (Å²) in [4.78, 5) is 26.6. The summed E-state index contributed by atoms with van der Waals surface area (Å²) in [6.45, 7) is 6.15. The number of esters is 1. The summed E-state index contributed by atoms with van der Waals surface area (Å²) in [7, 11) is 0. The summed E-state index contributed by atoms with van der Waals surface area (Å²) in [5.41, 5.74) is 2.51. The van der Waals surface area contributed by atoms with Gasteiger partial charge in [-0.05, 0) is 61.9 Å². The van der Waals surface area contributed by atoms with Gasteiger partial charge in [0.1, 0.15) is 5.75 Å². The zero-order valence-electron chi connectivity index (χ0n) is 17.0. The Balaban J connectivity index is 1.46. The van der Waals surface area contributed by atoms with Gasteiger partial charge in [0.05, 0.1) is 13.2 Å². The Morgan fingerprint density at radius 2 is 1.87 bits per heavy atom. The smallest absolute Gasteiger partial charge is 0.344 e. The predicted octanol–water partition coefficient (Wildman–Crippen LogP) is 3.43. The first kappa shape index (κ1) is 21.9. The molecule has 1 fully saturated rings. The molecule has 7 nitrogen and oxygen atoms in total. The number of hydrogen-bond acceptors (Lipinski definition) is 6. The highest BCUT2D eigenvalue weighted by Crippen LogP contribution is 2.22. The third kappa shape index (κ3) is 6.11. The van der Waals surface area contributed by atoms with Crippen molar-refractivity contribution in [3.05, 3.63) is 53.1 Å². The van der Waals surface area contributed by atoms with E-state index in [1.165, 1.54) is 6.92 Å². The van der Waals surface area contributed by atoms with E-state index < -0.39 is 18.0 Å². The van der Waals surface area contributed by atoms with Gasteiger partial charge in [-0.25, -0.2) is 4.79 Å². The van der Waals surface area contributed by atoms with Crippen molar-refractivity contribution in [1.82, 2.24) is 0 Å². The summed E-state index contributed by atoms with van der Waals surface area (Å²) in [5, 5.41) is 3.34. The molecule has 1 atom stereocenters. The van der Waals surface area contributed by atoms with Gasteiger partial charge in [0.2, 0.25) is 0 Å². The molecule has 1 N–H and O–H groups in total. The van der Waals surface area contributed by atoms with Crippen molar-refractivity contribution in [2.75, 3.05) is 43.1 Å². The van der Waals surface area contributed by atoms with Crippen LogP contribution >= 0.6 is 11.6 Å². The van der Waals surface area contributed by atoms with E-state index in [2.05, 4.69) is 10.2 Å². The molecule has 0 spiro atoms. The highest BCUT2D eigenvalue weighted by molar-refractivity contribution is 6.30. The van der Waals surface area contributed by atoms with Gasteiger partial charge in [0, 0.05) is 29.5 Å². The third-order valence-corrected chi connectivity index (χ3v) is 4.91. The fourth-order valence-corrected chi connectivity index (χ4v) is 3.24. The molecule has 1 heterocycles. The Morgan fingerprint density at radius 3 is 2.53 bits per heavy atom. The largest absolute Gasteiger partial charge is 0.482 e. The number of halogens is 1. The average molecular weight is 433 g/mol. The van der Waals surface area contributed by atoms with Crippen LogP contribution in [0.4, 0.5) is 11.4 Å². The molecule has 1 aliphatic rings. The maximum absolute atomic E-state index is 12.3. The number of anilines is 2. The lowest BCUT2D eigenvalue weighted by atomic mass is 10.2. The van der Waals surface area contributed by atoms with E-state index in [1.54, 1.807) is 18.2 Å². The topological polar surface area (TPSA) is 77.1 Å². The Bertz CT molecular complexity index is 882. The van der Waals surface area contributed by atoms with Crippen molar-refractivity contribution < 1.29 is 23.8 Å². The number of ether oxygens (including phenoxy) is 3. The highest BCUT2D eigenvalue weighted by atomic mass is 35.5. The summed E-state index contributed by atoms with van der Waals surface area (Å²) in [5.74, 6) is -0.506. The number of amides is 1. The van der Waals surface area contributed by atoms with Gasteiger partial charge in [-0.15, -0.1) is 0 Å². The molecular formula is C22H25ClN2O5. The number of hydrogen-bond donors (Lipinski definition) is 1. The first-order valence-corrected chi connectivity index (χ1v) is 10.1. The van der Waals surface area contributed by atoms with Crippen LogP contribution in [0.15, 0.2) is 42.5 Å². The highest BCUT2D eigenvalue weighted by Gasteiger charge is 2.19. The van der Waals surface area contributed by atoms with Crippen LogP contribution in [-0.4, -0.2) is 50.9 Å². The van der Waals surface area contributed by atoms with E-state index in [9.17, 15) is 9.59 Å². The van der Waals surface area contributed by atoms with E-state index >= 15 is 0 Å². The minimum Gasteiger partial charge on any atom is -0.482 e. The second-order valence-corrected chi connectivity index (χ2v) is 7.40. The number of carbonyl (C=O) groups is 2. The van der Waals surface area contributed by atoms with Gasteiger partial charge in [-0.2, -0.15) is 0 Å². The first-order valence-electron chi connectivity index (χ1n) is 9.74. The molecule has 1 unspecified atom stereocenters. The Kier molecular flexibility index (Phi) is 7.54. The third-order valence-electron chi connectivity index (χ3n) is 4.67. The lowest BCUT2D eigenvalue weighted by Crippen LogP contribution is -2.36. The van der Waals surface area contributed by atoms with Crippen molar-refractivity contribution in [1.29, 1.82) is 0 Å². The number of benzene rings is 2. The molecule has 3 rings (SSSR count). The second kappa shape index (κ2) is 10.3. The average Bonchev–Trinajstić information content (AvgIpc) is 2.74. The first-order chi connectivity index (χ1) is 14.4. The minimum absolute atomic E-state index is 0.297. The molecule has 1 saturated heterocycles. The van der Waals surface area contributed by atoms with Gasteiger partial charge in [-0.3, -0.25) is 4.79 Å². The lowest BCUT2D eigenvalue weighted by molar-refractivity contribution is -0.155. The molecule has 1 amide bonds. The lowest BCUT2D eigenvalue weighted by Gasteiger charge is -2.28. The number of morpholine rings is 1. The van der Waals surface area contributed by atoms with Crippen molar-refractivity contribution in [3.63, 3.8) is 0 Å². The Morgan fingerprint density at radius 1 is 1.17 bits per heavy atom. The van der Waals surface area contributed by atoms with Crippen molar-refractivity contribution in [2.45, 2.75) is 20.0 Å². The van der Waals surface area contributed by atoms with Crippen LogP contribution in [-0.2, 0) is 19.1 Å². The van der Waals surface area contributed by atoms with E-state index in [0.29, 0.717) is 29.7 Å². The monoisotopic (exact) mass is 432 g/mol. The van der Waals surface area contributed by atoms with Crippen LogP contribution in [0.1, 0.15) is 12.5 Å². The van der Waals surface area contributed by atoms with Crippen LogP contribution in [0, 0.1) is 6.92 Å². The van der Waals surface area contributed by atoms with Gasteiger partial charge in [0.15, 0.2) is 12.7 Å². The number of nitrogens with one attached hydrogen (secondary N) is 1. The fraction of sp³-hybridized carbons (Fsp3) is 0.364. The molecule has 160 valence electrons. The van der Waals surface area contributed by atoms with Crippen LogP contribution in [0.3, 0.4) is 0 Å². The molecule has 0 aliphatic carbocycles. The van der Waals surface area contributed by atoms with Gasteiger partial charge >= 0.3 is 5.97 Å². The standard InChI is InChI=1S/C22H25ClN2O5/c1-15-13-17(23)3-8-20(15)29-14-21(26)30-16(2)22(27)24-18-4-6-19(7-5-18)25-9-11-28-12-10-25/h3-8,13,16H,9-12,14H2,1-2H3,(H,24,27). The predicted molar refractivity (Wildman–Crippen MR) is 115 cm³/mol. The molecule has 30 heavy (non-hydrogen) atoms. The quantitative estimate of drug-likeness (QED) is 0.675. The number of rotatable bonds is 7.